The molecule has 0 saturated carbocycles. The van der Waals surface area contributed by atoms with Crippen molar-refractivity contribution in [2.24, 2.45) is 0 Å². The summed E-state index contributed by atoms with van der Waals surface area (Å²) in [7, 11) is 0. The van der Waals surface area contributed by atoms with Crippen molar-refractivity contribution in [2.45, 2.75) is 6.04 Å². The van der Waals surface area contributed by atoms with Crippen LogP contribution in [0.1, 0.15) is 21.3 Å². The van der Waals surface area contributed by atoms with Crippen LogP contribution in [0.3, 0.4) is 0 Å². The number of Topliss-reactive ketones (excluding diaryl/α,β-unsaturated/α-hetero) is 1. The number of carbonyl (C=O) groups excluding carboxylic acids is 2. The number of amides is 1. The number of hydrogen-bond donors (Lipinski definition) is 2. The minimum absolute atomic E-state index is 0.118. The van der Waals surface area contributed by atoms with Gasteiger partial charge in [0.2, 0.25) is 5.78 Å². The highest BCUT2D eigenvalue weighted by Gasteiger charge is 2.38. The van der Waals surface area contributed by atoms with Gasteiger partial charge in [-0.25, -0.2) is 4.39 Å². The Balaban J connectivity index is 2.08. The number of hydrogen-bond acceptors (Lipinski definition) is 4. The first-order valence-electron chi connectivity index (χ1n) is 6.16. The van der Waals surface area contributed by atoms with Gasteiger partial charge in [0, 0.05) is 5.56 Å². The number of halogens is 1. The number of benzene rings is 1. The molecular formula is C15H10FNO3S. The van der Waals surface area contributed by atoms with E-state index in [0.717, 1.165) is 0 Å². The number of thiophene rings is 1. The summed E-state index contributed by atoms with van der Waals surface area (Å²) in [6, 6.07) is 8.14. The molecule has 4 nitrogen and oxygen atoms in total. The van der Waals surface area contributed by atoms with Crippen LogP contribution in [0.25, 0.3) is 0 Å². The standard InChI is InChI=1S/C15H10FNO3S/c16-9-5-2-1-4-8(9)12-11(14(19)15(20)17-12)13(18)10-6-3-7-21-10/h1-7,12,19H,(H,17,20)/t12-/m1/s1. The van der Waals surface area contributed by atoms with Gasteiger partial charge in [-0.2, -0.15) is 0 Å². The molecule has 2 heterocycles. The first kappa shape index (κ1) is 13.5. The lowest BCUT2D eigenvalue weighted by Crippen LogP contribution is -2.24. The van der Waals surface area contributed by atoms with Crippen molar-refractivity contribution in [1.29, 1.82) is 0 Å². The molecule has 0 fully saturated rings. The van der Waals surface area contributed by atoms with Gasteiger partial charge in [-0.15, -0.1) is 11.3 Å². The van der Waals surface area contributed by atoms with Crippen LogP contribution in [0.4, 0.5) is 4.39 Å². The zero-order valence-electron chi connectivity index (χ0n) is 10.7. The van der Waals surface area contributed by atoms with Gasteiger partial charge in [0.1, 0.15) is 5.82 Å². The smallest absolute Gasteiger partial charge is 0.287 e. The first-order chi connectivity index (χ1) is 10.1. The molecule has 1 aromatic heterocycles. The number of carbonyl (C=O) groups is 2. The molecule has 1 aliphatic heterocycles. The van der Waals surface area contributed by atoms with Crippen LogP contribution >= 0.6 is 11.3 Å². The molecule has 0 saturated heterocycles. The number of nitrogens with one attached hydrogen (secondary N) is 1. The van der Waals surface area contributed by atoms with Gasteiger partial charge in [0.15, 0.2) is 5.76 Å². The Morgan fingerprint density at radius 3 is 2.67 bits per heavy atom. The molecule has 1 atom stereocenters. The molecule has 6 heteroatoms. The van der Waals surface area contributed by atoms with Crippen LogP contribution in [0.15, 0.2) is 53.1 Å². The normalized spacial score (nSPS) is 18.0. The highest BCUT2D eigenvalue weighted by Crippen LogP contribution is 2.33. The van der Waals surface area contributed by atoms with Crippen molar-refractivity contribution in [3.05, 3.63) is 69.4 Å². The second-order valence-electron chi connectivity index (χ2n) is 4.50. The molecule has 0 spiro atoms. The van der Waals surface area contributed by atoms with E-state index < -0.39 is 29.3 Å². The third-order valence-electron chi connectivity index (χ3n) is 3.24. The van der Waals surface area contributed by atoms with Crippen LogP contribution in [0, 0.1) is 5.82 Å². The van der Waals surface area contributed by atoms with Crippen molar-refractivity contribution in [1.82, 2.24) is 5.32 Å². The lowest BCUT2D eigenvalue weighted by atomic mass is 9.96. The second-order valence-corrected chi connectivity index (χ2v) is 5.44. The Morgan fingerprint density at radius 2 is 2.00 bits per heavy atom. The van der Waals surface area contributed by atoms with Gasteiger partial charge < -0.3 is 10.4 Å². The van der Waals surface area contributed by atoms with Crippen molar-refractivity contribution < 1.29 is 19.1 Å². The summed E-state index contributed by atoms with van der Waals surface area (Å²) in [6.07, 6.45) is 0. The van der Waals surface area contributed by atoms with E-state index in [-0.39, 0.29) is 11.1 Å². The molecule has 1 aliphatic rings. The average molecular weight is 303 g/mol. The predicted molar refractivity (Wildman–Crippen MR) is 75.6 cm³/mol. The fourth-order valence-corrected chi connectivity index (χ4v) is 2.93. The maximum atomic E-state index is 13.9. The van der Waals surface area contributed by atoms with E-state index in [9.17, 15) is 19.1 Å². The van der Waals surface area contributed by atoms with Crippen LogP contribution in [-0.4, -0.2) is 16.8 Å². The highest BCUT2D eigenvalue weighted by atomic mass is 32.1. The van der Waals surface area contributed by atoms with Crippen LogP contribution in [0.5, 0.6) is 0 Å². The Morgan fingerprint density at radius 1 is 1.24 bits per heavy atom. The van der Waals surface area contributed by atoms with Crippen molar-refractivity contribution in [3.63, 3.8) is 0 Å². The Labute approximate surface area is 123 Å². The van der Waals surface area contributed by atoms with Gasteiger partial charge in [-0.3, -0.25) is 9.59 Å². The fourth-order valence-electron chi connectivity index (χ4n) is 2.25. The van der Waals surface area contributed by atoms with E-state index in [1.165, 1.54) is 29.5 Å². The van der Waals surface area contributed by atoms with Crippen LogP contribution in [0.2, 0.25) is 0 Å². The molecule has 2 aromatic rings. The SMILES string of the molecule is O=C1N[C@H](c2ccccc2F)C(C(=O)c2cccs2)=C1O. The lowest BCUT2D eigenvalue weighted by Gasteiger charge is -2.14. The zero-order valence-corrected chi connectivity index (χ0v) is 11.5. The lowest BCUT2D eigenvalue weighted by molar-refractivity contribution is -0.119. The molecule has 0 unspecified atom stereocenters. The highest BCUT2D eigenvalue weighted by molar-refractivity contribution is 7.12. The third-order valence-corrected chi connectivity index (χ3v) is 4.11. The first-order valence-corrected chi connectivity index (χ1v) is 7.04. The quantitative estimate of drug-likeness (QED) is 0.857. The van der Waals surface area contributed by atoms with Crippen LogP contribution < -0.4 is 5.32 Å². The minimum Gasteiger partial charge on any atom is -0.503 e. The van der Waals surface area contributed by atoms with Gasteiger partial charge in [-0.05, 0) is 17.5 Å². The summed E-state index contributed by atoms with van der Waals surface area (Å²) in [4.78, 5) is 24.5. The van der Waals surface area contributed by atoms with E-state index in [1.54, 1.807) is 23.6 Å². The molecule has 0 aliphatic carbocycles. The number of rotatable bonds is 3. The van der Waals surface area contributed by atoms with Gasteiger partial charge in [-0.1, -0.05) is 24.3 Å². The zero-order chi connectivity index (χ0) is 15.0. The summed E-state index contributed by atoms with van der Waals surface area (Å²) in [5.74, 6) is -2.45. The Kier molecular flexibility index (Phi) is 3.31. The van der Waals surface area contributed by atoms with E-state index in [0.29, 0.717) is 4.88 Å². The molecule has 3 rings (SSSR count). The van der Waals surface area contributed by atoms with Crippen molar-refractivity contribution in [3.8, 4) is 0 Å². The van der Waals surface area contributed by atoms with E-state index in [2.05, 4.69) is 5.32 Å². The summed E-state index contributed by atoms with van der Waals surface area (Å²) in [6.45, 7) is 0. The molecule has 2 N–H and O–H groups in total. The summed E-state index contributed by atoms with van der Waals surface area (Å²) < 4.78 is 13.9. The fraction of sp³-hybridized carbons (Fsp3) is 0.0667. The Hall–Kier alpha value is -2.47. The molecule has 0 radical (unpaired) electrons. The van der Waals surface area contributed by atoms with Crippen molar-refractivity contribution in [2.75, 3.05) is 0 Å². The van der Waals surface area contributed by atoms with E-state index >= 15 is 0 Å². The third kappa shape index (κ3) is 2.23. The topological polar surface area (TPSA) is 66.4 Å². The summed E-state index contributed by atoms with van der Waals surface area (Å²) in [5, 5.41) is 14.0. The van der Waals surface area contributed by atoms with E-state index in [1.807, 2.05) is 0 Å². The number of aliphatic hydroxyl groups is 1. The van der Waals surface area contributed by atoms with Gasteiger partial charge in [0.25, 0.3) is 5.91 Å². The minimum atomic E-state index is -0.978. The Bertz CT molecular complexity index is 752. The van der Waals surface area contributed by atoms with E-state index in [4.69, 9.17) is 0 Å². The monoisotopic (exact) mass is 303 g/mol. The summed E-state index contributed by atoms with van der Waals surface area (Å²) in [5.41, 5.74) is 0.0300. The average Bonchev–Trinajstić information content (AvgIpc) is 3.09. The number of aliphatic hydroxyl groups excluding tert-OH is 1. The molecule has 1 aromatic carbocycles. The van der Waals surface area contributed by atoms with Gasteiger partial charge >= 0.3 is 0 Å². The molecule has 1 amide bonds. The second kappa shape index (κ2) is 5.14. The molecular weight excluding hydrogens is 293 g/mol. The number of ketones is 1. The van der Waals surface area contributed by atoms with Crippen molar-refractivity contribution >= 4 is 23.0 Å². The molecule has 21 heavy (non-hydrogen) atoms. The summed E-state index contributed by atoms with van der Waals surface area (Å²) >= 11 is 1.19. The maximum Gasteiger partial charge on any atom is 0.287 e. The van der Waals surface area contributed by atoms with Crippen LogP contribution in [-0.2, 0) is 4.79 Å². The molecule has 106 valence electrons. The van der Waals surface area contributed by atoms with Gasteiger partial charge in [0.05, 0.1) is 16.5 Å². The largest absolute Gasteiger partial charge is 0.503 e. The predicted octanol–water partition coefficient (Wildman–Crippen LogP) is 2.75. The molecule has 0 bridgehead atoms. The maximum absolute atomic E-state index is 13.9.